The van der Waals surface area contributed by atoms with Gasteiger partial charge in [0.25, 0.3) is 0 Å². The fourth-order valence-electron chi connectivity index (χ4n) is 5.08. The normalized spacial score (nSPS) is 12.0. The predicted molar refractivity (Wildman–Crippen MR) is 168 cm³/mol. The molecule has 5 aromatic carbocycles. The van der Waals surface area contributed by atoms with E-state index >= 15 is 0 Å². The van der Waals surface area contributed by atoms with Crippen molar-refractivity contribution in [2.24, 2.45) is 0 Å². The van der Waals surface area contributed by atoms with Gasteiger partial charge >= 0.3 is 0 Å². The molecule has 0 radical (unpaired) electrons. The largest absolute Gasteiger partial charge is 0.304 e. The first-order valence-electron chi connectivity index (χ1n) is 12.7. The number of rotatable bonds is 4. The molecule has 2 heterocycles. The van der Waals surface area contributed by atoms with Crippen molar-refractivity contribution in [2.75, 3.05) is 9.80 Å². The van der Waals surface area contributed by atoms with Gasteiger partial charge in [-0.2, -0.15) is 0 Å². The van der Waals surface area contributed by atoms with E-state index < -0.39 is 0 Å². The number of para-hydroxylation sites is 2. The summed E-state index contributed by atoms with van der Waals surface area (Å²) in [4.78, 5) is 6.14. The van der Waals surface area contributed by atoms with Crippen LogP contribution in [0.5, 0.6) is 0 Å². The smallest absolute Gasteiger partial charge is 0.0914 e. The summed E-state index contributed by atoms with van der Waals surface area (Å²) in [6, 6.07) is 46.4. The van der Waals surface area contributed by atoms with E-state index in [1.165, 1.54) is 11.1 Å². The molecule has 5 aromatic rings. The first-order valence-corrected chi connectivity index (χ1v) is 13.5. The van der Waals surface area contributed by atoms with Crippen molar-refractivity contribution in [3.05, 3.63) is 145 Å². The van der Waals surface area contributed by atoms with Crippen LogP contribution < -0.4 is 9.80 Å². The van der Waals surface area contributed by atoms with E-state index in [1.54, 1.807) is 0 Å². The summed E-state index contributed by atoms with van der Waals surface area (Å²) in [5, 5.41) is 0. The Bertz CT molecular complexity index is 1470. The van der Waals surface area contributed by atoms with E-state index in [1.807, 2.05) is 12.1 Å². The maximum Gasteiger partial charge on any atom is 0.0914 e. The SMILES string of the molecule is S=C(Cc1ccccc1)N1c2ccc(cc2)N(C(=S)Cc2ccccc2)c2ccccc2-c2ccccc21. The van der Waals surface area contributed by atoms with E-state index in [0.717, 1.165) is 43.9 Å². The van der Waals surface area contributed by atoms with Gasteiger partial charge in [0.15, 0.2) is 0 Å². The molecular formula is C34H26N2S2. The Balaban J connectivity index is 1.51. The molecular weight excluding hydrogens is 501 g/mol. The van der Waals surface area contributed by atoms with Crippen molar-refractivity contribution in [1.29, 1.82) is 0 Å². The third-order valence-corrected chi connectivity index (χ3v) is 7.50. The van der Waals surface area contributed by atoms with Crippen molar-refractivity contribution in [3.8, 4) is 11.1 Å². The lowest BCUT2D eigenvalue weighted by Crippen LogP contribution is -2.29. The zero-order valence-electron chi connectivity index (χ0n) is 20.8. The van der Waals surface area contributed by atoms with Gasteiger partial charge in [-0.05, 0) is 47.5 Å². The Hall–Kier alpha value is -4.12. The van der Waals surface area contributed by atoms with Crippen LogP contribution in [0.3, 0.4) is 0 Å². The lowest BCUT2D eigenvalue weighted by atomic mass is 9.97. The summed E-state index contributed by atoms with van der Waals surface area (Å²) in [7, 11) is 0. The monoisotopic (exact) mass is 526 g/mol. The summed E-state index contributed by atoms with van der Waals surface area (Å²) in [5.74, 6) is 0. The van der Waals surface area contributed by atoms with Gasteiger partial charge < -0.3 is 9.80 Å². The van der Waals surface area contributed by atoms with Crippen molar-refractivity contribution in [1.82, 2.24) is 0 Å². The second-order valence-electron chi connectivity index (χ2n) is 9.33. The van der Waals surface area contributed by atoms with Crippen molar-refractivity contribution in [3.63, 3.8) is 0 Å². The molecule has 0 aliphatic carbocycles. The van der Waals surface area contributed by atoms with Crippen molar-refractivity contribution >= 4 is 57.2 Å². The summed E-state index contributed by atoms with van der Waals surface area (Å²) in [6.07, 6.45) is 1.36. The molecule has 0 saturated carbocycles. The van der Waals surface area contributed by atoms with E-state index in [9.17, 15) is 0 Å². The third kappa shape index (κ3) is 4.76. The Labute approximate surface area is 234 Å². The maximum atomic E-state index is 6.11. The second kappa shape index (κ2) is 10.7. The molecule has 2 bridgehead atoms. The van der Waals surface area contributed by atoms with Gasteiger partial charge in [-0.3, -0.25) is 0 Å². The van der Waals surface area contributed by atoms with E-state index in [2.05, 4.69) is 131 Å². The average molecular weight is 527 g/mol. The number of benzene rings is 5. The predicted octanol–water partition coefficient (Wildman–Crippen LogP) is 9.08. The molecule has 2 aliphatic heterocycles. The van der Waals surface area contributed by atoms with Crippen LogP contribution in [0.15, 0.2) is 133 Å². The number of fused-ring (bicyclic) bond motifs is 2. The molecule has 0 saturated heterocycles. The highest BCUT2D eigenvalue weighted by Crippen LogP contribution is 2.44. The van der Waals surface area contributed by atoms with Crippen LogP contribution in [0.2, 0.25) is 0 Å². The minimum Gasteiger partial charge on any atom is -0.304 e. The van der Waals surface area contributed by atoms with Crippen LogP contribution in [0.1, 0.15) is 11.1 Å². The molecule has 38 heavy (non-hydrogen) atoms. The van der Waals surface area contributed by atoms with Crippen LogP contribution in [-0.2, 0) is 12.8 Å². The number of thiocarbonyl (C=S) groups is 2. The molecule has 4 heteroatoms. The lowest BCUT2D eigenvalue weighted by Gasteiger charge is -2.33. The quantitative estimate of drug-likeness (QED) is 0.215. The van der Waals surface area contributed by atoms with Gasteiger partial charge in [0.05, 0.1) is 21.4 Å². The molecule has 0 fully saturated rings. The summed E-state index contributed by atoms with van der Waals surface area (Å²) >= 11 is 12.2. The van der Waals surface area contributed by atoms with Crippen molar-refractivity contribution < 1.29 is 0 Å². The number of hydrogen-bond donors (Lipinski definition) is 0. The molecule has 0 amide bonds. The second-order valence-corrected chi connectivity index (χ2v) is 10.3. The Kier molecular flexibility index (Phi) is 6.82. The van der Waals surface area contributed by atoms with E-state index in [0.29, 0.717) is 12.8 Å². The summed E-state index contributed by atoms with van der Waals surface area (Å²) < 4.78 is 0. The molecule has 0 atom stereocenters. The molecule has 2 aliphatic rings. The Morgan fingerprint density at radius 3 is 1.16 bits per heavy atom. The average Bonchev–Trinajstić information content (AvgIpc) is 2.96. The van der Waals surface area contributed by atoms with Crippen LogP contribution >= 0.6 is 24.4 Å². The fraction of sp³-hybridized carbons (Fsp3) is 0.0588. The lowest BCUT2D eigenvalue weighted by molar-refractivity contribution is 1.23. The zero-order valence-corrected chi connectivity index (χ0v) is 22.5. The molecule has 0 unspecified atom stereocenters. The van der Waals surface area contributed by atoms with Gasteiger partial charge in [0.2, 0.25) is 0 Å². The highest BCUT2D eigenvalue weighted by atomic mass is 32.1. The first kappa shape index (κ1) is 24.2. The van der Waals surface area contributed by atoms with Gasteiger partial charge in [0, 0.05) is 35.3 Å². The Morgan fingerprint density at radius 1 is 0.421 bits per heavy atom. The van der Waals surface area contributed by atoms with Crippen LogP contribution in [-0.4, -0.2) is 9.98 Å². The minimum absolute atomic E-state index is 0.682. The van der Waals surface area contributed by atoms with Gasteiger partial charge in [-0.25, -0.2) is 0 Å². The van der Waals surface area contributed by atoms with Gasteiger partial charge in [-0.15, -0.1) is 0 Å². The molecule has 0 aromatic heterocycles. The number of anilines is 4. The highest BCUT2D eigenvalue weighted by Gasteiger charge is 2.25. The minimum atomic E-state index is 0.682. The number of nitrogens with zero attached hydrogens (tertiary/aromatic N) is 2. The van der Waals surface area contributed by atoms with Crippen LogP contribution in [0.4, 0.5) is 22.7 Å². The first-order chi connectivity index (χ1) is 18.7. The summed E-state index contributed by atoms with van der Waals surface area (Å²) in [5.41, 5.74) is 8.82. The fourth-order valence-corrected chi connectivity index (χ4v) is 5.82. The molecule has 0 spiro atoms. The number of hydrogen-bond acceptors (Lipinski definition) is 2. The summed E-state index contributed by atoms with van der Waals surface area (Å²) in [6.45, 7) is 0. The zero-order chi connectivity index (χ0) is 25.9. The maximum absolute atomic E-state index is 6.11. The van der Waals surface area contributed by atoms with Crippen molar-refractivity contribution in [2.45, 2.75) is 12.8 Å². The highest BCUT2D eigenvalue weighted by molar-refractivity contribution is 7.80. The molecule has 7 rings (SSSR count). The van der Waals surface area contributed by atoms with Gasteiger partial charge in [0.1, 0.15) is 0 Å². The van der Waals surface area contributed by atoms with E-state index in [-0.39, 0.29) is 0 Å². The topological polar surface area (TPSA) is 6.48 Å². The standard InChI is InChI=1S/C34H26N2S2/c37-33(23-25-11-3-1-4-12-25)35-27-19-21-28(22-20-27)36(34(38)24-26-13-5-2-6-14-26)32-18-10-8-16-30(32)29-15-7-9-17-31(29)35/h1-22H,23-24H2. The van der Waals surface area contributed by atoms with Crippen LogP contribution in [0.25, 0.3) is 11.1 Å². The Morgan fingerprint density at radius 2 is 0.763 bits per heavy atom. The van der Waals surface area contributed by atoms with E-state index in [4.69, 9.17) is 24.4 Å². The van der Waals surface area contributed by atoms with Crippen LogP contribution in [0, 0.1) is 0 Å². The van der Waals surface area contributed by atoms with Gasteiger partial charge in [-0.1, -0.05) is 121 Å². The molecule has 0 N–H and O–H groups in total. The third-order valence-electron chi connectivity index (χ3n) is 6.84. The molecule has 184 valence electrons. The molecule has 2 nitrogen and oxygen atoms in total.